The molecule has 0 radical (unpaired) electrons. The van der Waals surface area contributed by atoms with Gasteiger partial charge in [-0.2, -0.15) is 0 Å². The van der Waals surface area contributed by atoms with Crippen LogP contribution in [0.25, 0.3) is 0 Å². The second-order valence-corrected chi connectivity index (χ2v) is 4.14. The van der Waals surface area contributed by atoms with E-state index < -0.39 is 4.92 Å². The molecule has 0 unspecified atom stereocenters. The summed E-state index contributed by atoms with van der Waals surface area (Å²) in [5.74, 6) is 0.969. The third-order valence-corrected chi connectivity index (χ3v) is 2.89. The molecule has 18 heavy (non-hydrogen) atoms. The van der Waals surface area contributed by atoms with E-state index in [1.54, 1.807) is 6.07 Å². The van der Waals surface area contributed by atoms with Gasteiger partial charge in [-0.1, -0.05) is 0 Å². The first kappa shape index (κ1) is 12.6. The lowest BCUT2D eigenvalue weighted by Crippen LogP contribution is -2.20. The first-order valence-electron chi connectivity index (χ1n) is 5.97. The molecule has 2 heterocycles. The van der Waals surface area contributed by atoms with Gasteiger partial charge in [-0.25, -0.2) is 4.98 Å². The van der Waals surface area contributed by atoms with Crippen molar-refractivity contribution < 1.29 is 10.0 Å². The number of aromatic nitrogens is 1. The molecule has 1 fully saturated rings. The van der Waals surface area contributed by atoms with Gasteiger partial charge in [-0.05, 0) is 18.9 Å². The van der Waals surface area contributed by atoms with Crippen molar-refractivity contribution in [3.8, 4) is 0 Å². The van der Waals surface area contributed by atoms with Gasteiger partial charge in [0.05, 0.1) is 11.5 Å². The molecule has 0 saturated carbocycles. The minimum absolute atomic E-state index is 0.0635. The summed E-state index contributed by atoms with van der Waals surface area (Å²) in [6.45, 7) is 2.03. The molecule has 0 amide bonds. The van der Waals surface area contributed by atoms with Crippen LogP contribution in [0.5, 0.6) is 0 Å². The maximum absolute atomic E-state index is 10.9. The third-order valence-electron chi connectivity index (χ3n) is 2.89. The Morgan fingerprint density at radius 3 is 2.78 bits per heavy atom. The lowest BCUT2D eigenvalue weighted by Gasteiger charge is -2.17. The van der Waals surface area contributed by atoms with E-state index in [2.05, 4.69) is 15.2 Å². The van der Waals surface area contributed by atoms with E-state index in [1.807, 2.05) is 0 Å². The van der Waals surface area contributed by atoms with Gasteiger partial charge in [0.2, 0.25) is 5.82 Å². The summed E-state index contributed by atoms with van der Waals surface area (Å²) < 4.78 is 0. The highest BCUT2D eigenvalue weighted by Crippen LogP contribution is 2.27. The van der Waals surface area contributed by atoms with E-state index in [9.17, 15) is 10.1 Å². The largest absolute Gasteiger partial charge is 0.395 e. The number of aliphatic hydroxyl groups is 1. The molecule has 1 saturated heterocycles. The highest BCUT2D eigenvalue weighted by atomic mass is 16.6. The quantitative estimate of drug-likeness (QED) is 0.600. The molecule has 0 atom stereocenters. The fraction of sp³-hybridized carbons (Fsp3) is 0.545. The number of nitrogens with one attached hydrogen (secondary N) is 1. The van der Waals surface area contributed by atoms with Crippen LogP contribution in [-0.4, -0.2) is 41.3 Å². The van der Waals surface area contributed by atoms with Crippen LogP contribution in [0.15, 0.2) is 12.1 Å². The van der Waals surface area contributed by atoms with Gasteiger partial charge in [0.15, 0.2) is 0 Å². The van der Waals surface area contributed by atoms with E-state index >= 15 is 0 Å². The fourth-order valence-electron chi connectivity index (χ4n) is 2.02. The maximum atomic E-state index is 10.9. The highest BCUT2D eigenvalue weighted by Gasteiger charge is 2.19. The normalized spacial score (nSPS) is 14.8. The van der Waals surface area contributed by atoms with Crippen molar-refractivity contribution in [1.82, 2.24) is 4.98 Å². The Morgan fingerprint density at radius 2 is 2.17 bits per heavy atom. The zero-order valence-corrected chi connectivity index (χ0v) is 10.0. The summed E-state index contributed by atoms with van der Waals surface area (Å²) in [4.78, 5) is 16.8. The van der Waals surface area contributed by atoms with Crippen LogP contribution in [0.4, 0.5) is 17.3 Å². The summed E-state index contributed by atoms with van der Waals surface area (Å²) in [6.07, 6.45) is 2.25. The number of hydrogen-bond donors (Lipinski definition) is 2. The number of hydrogen-bond acceptors (Lipinski definition) is 6. The lowest BCUT2D eigenvalue weighted by atomic mass is 10.3. The number of pyridine rings is 1. The predicted molar refractivity (Wildman–Crippen MR) is 67.9 cm³/mol. The highest BCUT2D eigenvalue weighted by molar-refractivity contribution is 5.61. The molecule has 7 nitrogen and oxygen atoms in total. The molecule has 1 aromatic rings. The second-order valence-electron chi connectivity index (χ2n) is 4.14. The first-order chi connectivity index (χ1) is 8.72. The van der Waals surface area contributed by atoms with Crippen LogP contribution >= 0.6 is 0 Å². The number of anilines is 2. The van der Waals surface area contributed by atoms with E-state index in [0.717, 1.165) is 31.7 Å². The fourth-order valence-corrected chi connectivity index (χ4v) is 2.02. The summed E-state index contributed by atoms with van der Waals surface area (Å²) in [5.41, 5.74) is -0.0635. The van der Waals surface area contributed by atoms with Gasteiger partial charge in [-0.15, -0.1) is 0 Å². The molecule has 1 aromatic heterocycles. The van der Waals surface area contributed by atoms with Crippen molar-refractivity contribution in [2.24, 2.45) is 0 Å². The second kappa shape index (κ2) is 5.63. The predicted octanol–water partition coefficient (Wildman–Crippen LogP) is 0.994. The van der Waals surface area contributed by atoms with Crippen molar-refractivity contribution in [1.29, 1.82) is 0 Å². The lowest BCUT2D eigenvalue weighted by molar-refractivity contribution is -0.384. The standard InChI is InChI=1S/C11H16N4O3/c16-8-5-12-11-9(15(17)18)3-4-10(13-11)14-6-1-2-7-14/h3-4,16H,1-2,5-8H2,(H,12,13). The number of aliphatic hydroxyl groups excluding tert-OH is 1. The van der Waals surface area contributed by atoms with Crippen LogP contribution in [0, 0.1) is 10.1 Å². The minimum atomic E-state index is -0.472. The van der Waals surface area contributed by atoms with Crippen molar-refractivity contribution in [2.75, 3.05) is 36.5 Å². The van der Waals surface area contributed by atoms with Crippen molar-refractivity contribution in [2.45, 2.75) is 12.8 Å². The Bertz CT molecular complexity index is 432. The van der Waals surface area contributed by atoms with Gasteiger partial charge < -0.3 is 15.3 Å². The molecular formula is C11H16N4O3. The van der Waals surface area contributed by atoms with Gasteiger partial charge in [0, 0.05) is 25.7 Å². The Morgan fingerprint density at radius 1 is 1.44 bits per heavy atom. The van der Waals surface area contributed by atoms with Gasteiger partial charge >= 0.3 is 5.69 Å². The Labute approximate surface area is 105 Å². The van der Waals surface area contributed by atoms with Crippen LogP contribution in [-0.2, 0) is 0 Å². The third kappa shape index (κ3) is 2.67. The Balaban J connectivity index is 2.25. The van der Waals surface area contributed by atoms with Crippen LogP contribution in [0.3, 0.4) is 0 Å². The van der Waals surface area contributed by atoms with Crippen molar-refractivity contribution >= 4 is 17.3 Å². The molecule has 0 bridgehead atoms. The van der Waals surface area contributed by atoms with Gasteiger partial charge in [-0.3, -0.25) is 10.1 Å². The first-order valence-corrected chi connectivity index (χ1v) is 5.97. The number of nitrogens with zero attached hydrogens (tertiary/aromatic N) is 3. The number of rotatable bonds is 5. The summed E-state index contributed by atoms with van der Waals surface area (Å²) in [5, 5.41) is 22.4. The van der Waals surface area contributed by atoms with E-state index in [1.165, 1.54) is 6.07 Å². The van der Waals surface area contributed by atoms with Crippen LogP contribution in [0.1, 0.15) is 12.8 Å². The van der Waals surface area contributed by atoms with Gasteiger partial charge in [0.25, 0.3) is 0 Å². The molecule has 2 N–H and O–H groups in total. The number of nitro groups is 1. The average Bonchev–Trinajstić information content (AvgIpc) is 2.89. The summed E-state index contributed by atoms with van der Waals surface area (Å²) >= 11 is 0. The molecule has 0 aromatic carbocycles. The molecule has 2 rings (SSSR count). The Kier molecular flexibility index (Phi) is 3.93. The monoisotopic (exact) mass is 252 g/mol. The SMILES string of the molecule is O=[N+]([O-])c1ccc(N2CCCC2)nc1NCCO. The Hall–Kier alpha value is -1.89. The maximum Gasteiger partial charge on any atom is 0.311 e. The van der Waals surface area contributed by atoms with E-state index in [-0.39, 0.29) is 24.7 Å². The molecule has 1 aliphatic rings. The average molecular weight is 252 g/mol. The zero-order valence-electron chi connectivity index (χ0n) is 10.0. The van der Waals surface area contributed by atoms with Crippen molar-refractivity contribution in [3.05, 3.63) is 22.2 Å². The molecular weight excluding hydrogens is 236 g/mol. The minimum Gasteiger partial charge on any atom is -0.395 e. The molecule has 0 spiro atoms. The van der Waals surface area contributed by atoms with E-state index in [0.29, 0.717) is 0 Å². The smallest absolute Gasteiger partial charge is 0.311 e. The van der Waals surface area contributed by atoms with Crippen LogP contribution < -0.4 is 10.2 Å². The molecule has 1 aliphatic heterocycles. The summed E-state index contributed by atoms with van der Waals surface area (Å²) in [6, 6.07) is 3.13. The molecule has 0 aliphatic carbocycles. The zero-order chi connectivity index (χ0) is 13.0. The molecule has 98 valence electrons. The summed E-state index contributed by atoms with van der Waals surface area (Å²) in [7, 11) is 0. The van der Waals surface area contributed by atoms with Gasteiger partial charge in [0.1, 0.15) is 5.82 Å². The van der Waals surface area contributed by atoms with Crippen molar-refractivity contribution in [3.63, 3.8) is 0 Å². The topological polar surface area (TPSA) is 91.5 Å². The molecule has 7 heteroatoms. The van der Waals surface area contributed by atoms with Crippen LogP contribution in [0.2, 0.25) is 0 Å². The van der Waals surface area contributed by atoms with E-state index in [4.69, 9.17) is 5.11 Å².